The molecule has 6 heteroatoms. The van der Waals surface area contributed by atoms with Crippen molar-refractivity contribution in [3.63, 3.8) is 0 Å². The van der Waals surface area contributed by atoms with Gasteiger partial charge in [-0.25, -0.2) is 0 Å². The van der Waals surface area contributed by atoms with Gasteiger partial charge >= 0.3 is 0 Å². The summed E-state index contributed by atoms with van der Waals surface area (Å²) in [5, 5.41) is 4.60. The van der Waals surface area contributed by atoms with Crippen LogP contribution in [0.5, 0.6) is 0 Å². The maximum absolute atomic E-state index is 12.9. The summed E-state index contributed by atoms with van der Waals surface area (Å²) in [6, 6.07) is 2.43. The van der Waals surface area contributed by atoms with E-state index in [9.17, 15) is 9.59 Å². The van der Waals surface area contributed by atoms with Gasteiger partial charge in [-0.05, 0) is 52.0 Å². The number of rotatable bonds is 3. The van der Waals surface area contributed by atoms with Crippen molar-refractivity contribution < 1.29 is 9.59 Å². The molecule has 0 bridgehead atoms. The molecule has 2 fully saturated rings. The average molecular weight is 346 g/mol. The zero-order chi connectivity index (χ0) is 18.0. The van der Waals surface area contributed by atoms with Gasteiger partial charge in [0.1, 0.15) is 0 Å². The molecule has 2 saturated heterocycles. The van der Waals surface area contributed by atoms with Crippen LogP contribution in [0.15, 0.2) is 6.07 Å². The summed E-state index contributed by atoms with van der Waals surface area (Å²) < 4.78 is 2.08. The fourth-order valence-electron chi connectivity index (χ4n) is 4.35. The number of aryl methyl sites for hydroxylation is 2. The van der Waals surface area contributed by atoms with E-state index in [1.807, 2.05) is 16.7 Å². The first-order valence-corrected chi connectivity index (χ1v) is 9.53. The van der Waals surface area contributed by atoms with Crippen LogP contribution in [0.4, 0.5) is 0 Å². The molecule has 138 valence electrons. The van der Waals surface area contributed by atoms with Crippen LogP contribution in [-0.4, -0.2) is 57.1 Å². The molecule has 1 aromatic heterocycles. The molecule has 0 aromatic carbocycles. The minimum absolute atomic E-state index is 0.0767. The Labute approximate surface area is 150 Å². The molecule has 0 unspecified atom stereocenters. The second kappa shape index (κ2) is 7.58. The van der Waals surface area contributed by atoms with Gasteiger partial charge in [0.25, 0.3) is 0 Å². The van der Waals surface area contributed by atoms with Gasteiger partial charge in [0, 0.05) is 44.7 Å². The molecule has 0 radical (unpaired) electrons. The molecule has 3 rings (SSSR count). The fraction of sp³-hybridized carbons (Fsp3) is 0.737. The van der Waals surface area contributed by atoms with Gasteiger partial charge in [0.15, 0.2) is 0 Å². The van der Waals surface area contributed by atoms with E-state index >= 15 is 0 Å². The first-order valence-electron chi connectivity index (χ1n) is 9.53. The third-order valence-electron chi connectivity index (χ3n) is 5.58. The van der Waals surface area contributed by atoms with Crippen molar-refractivity contribution in [2.75, 3.05) is 19.6 Å². The van der Waals surface area contributed by atoms with Crippen molar-refractivity contribution >= 4 is 11.8 Å². The lowest BCUT2D eigenvalue weighted by Gasteiger charge is -2.38. The summed E-state index contributed by atoms with van der Waals surface area (Å²) in [4.78, 5) is 28.6. The van der Waals surface area contributed by atoms with Gasteiger partial charge in [-0.3, -0.25) is 14.3 Å². The van der Waals surface area contributed by atoms with Crippen LogP contribution in [0, 0.1) is 13.8 Å². The predicted octanol–water partition coefficient (Wildman–Crippen LogP) is 2.45. The minimum atomic E-state index is 0.0767. The van der Waals surface area contributed by atoms with Crippen LogP contribution < -0.4 is 0 Å². The molecule has 0 N–H and O–H groups in total. The van der Waals surface area contributed by atoms with Gasteiger partial charge in [-0.15, -0.1) is 0 Å². The molecule has 0 saturated carbocycles. The summed E-state index contributed by atoms with van der Waals surface area (Å²) in [5.41, 5.74) is 2.19. The molecule has 0 aliphatic carbocycles. The largest absolute Gasteiger partial charge is 0.340 e. The van der Waals surface area contributed by atoms with Gasteiger partial charge in [0.2, 0.25) is 11.8 Å². The van der Waals surface area contributed by atoms with Crippen molar-refractivity contribution in [3.8, 4) is 0 Å². The van der Waals surface area contributed by atoms with E-state index < -0.39 is 0 Å². The number of nitrogens with zero attached hydrogens (tertiary/aromatic N) is 4. The second-order valence-electron chi connectivity index (χ2n) is 7.57. The Kier molecular flexibility index (Phi) is 5.45. The summed E-state index contributed by atoms with van der Waals surface area (Å²) in [6.45, 7) is 8.04. The van der Waals surface area contributed by atoms with E-state index in [-0.39, 0.29) is 23.9 Å². The maximum atomic E-state index is 12.9. The molecule has 2 aliphatic heterocycles. The van der Waals surface area contributed by atoms with Crippen LogP contribution in [-0.2, 0) is 9.59 Å². The molecule has 3 heterocycles. The normalized spacial score (nSPS) is 24.4. The van der Waals surface area contributed by atoms with E-state index in [4.69, 9.17) is 0 Å². The average Bonchev–Trinajstić information content (AvgIpc) is 2.93. The molecule has 25 heavy (non-hydrogen) atoms. The Balaban J connectivity index is 1.63. The minimum Gasteiger partial charge on any atom is -0.340 e. The number of hydrogen-bond acceptors (Lipinski definition) is 3. The lowest BCUT2D eigenvalue weighted by atomic mass is 9.97. The Bertz CT molecular complexity index is 639. The highest BCUT2D eigenvalue weighted by Crippen LogP contribution is 2.25. The number of carbonyl (C=O) groups excluding carboxylic acids is 2. The molecule has 2 atom stereocenters. The van der Waals surface area contributed by atoms with E-state index in [2.05, 4.69) is 22.8 Å². The van der Waals surface area contributed by atoms with E-state index in [1.165, 1.54) is 0 Å². The molecule has 2 amide bonds. The third kappa shape index (κ3) is 4.05. The van der Waals surface area contributed by atoms with E-state index in [0.29, 0.717) is 6.42 Å². The van der Waals surface area contributed by atoms with Crippen LogP contribution in [0.25, 0.3) is 0 Å². The Hall–Kier alpha value is -1.85. The van der Waals surface area contributed by atoms with Crippen LogP contribution in [0.3, 0.4) is 0 Å². The number of amides is 2. The quantitative estimate of drug-likeness (QED) is 0.845. The predicted molar refractivity (Wildman–Crippen MR) is 96.2 cm³/mol. The standard InChI is InChI=1S/C19H30N4O2/c1-14-11-15(2)23(20-14)18-8-6-9-21(13-18)19(25)12-17-7-4-5-10-22(17)16(3)24/h11,17-18H,4-10,12-13H2,1-3H3/t17-,18-/m0/s1. The molecule has 2 aliphatic rings. The zero-order valence-electron chi connectivity index (χ0n) is 15.7. The molecule has 6 nitrogen and oxygen atoms in total. The van der Waals surface area contributed by atoms with Crippen LogP contribution >= 0.6 is 0 Å². The van der Waals surface area contributed by atoms with Crippen molar-refractivity contribution in [1.82, 2.24) is 19.6 Å². The summed E-state index contributed by atoms with van der Waals surface area (Å²) in [7, 11) is 0. The summed E-state index contributed by atoms with van der Waals surface area (Å²) >= 11 is 0. The lowest BCUT2D eigenvalue weighted by molar-refractivity contribution is -0.138. The molecule has 0 spiro atoms. The lowest BCUT2D eigenvalue weighted by Crippen LogP contribution is -2.47. The highest BCUT2D eigenvalue weighted by molar-refractivity contribution is 5.79. The Morgan fingerprint density at radius 2 is 1.96 bits per heavy atom. The van der Waals surface area contributed by atoms with Gasteiger partial charge in [-0.1, -0.05) is 0 Å². The Morgan fingerprint density at radius 1 is 1.16 bits per heavy atom. The van der Waals surface area contributed by atoms with Crippen LogP contribution in [0.2, 0.25) is 0 Å². The third-order valence-corrected chi connectivity index (χ3v) is 5.58. The highest BCUT2D eigenvalue weighted by atomic mass is 16.2. The topological polar surface area (TPSA) is 58.4 Å². The Morgan fingerprint density at radius 3 is 2.64 bits per heavy atom. The van der Waals surface area contributed by atoms with Crippen molar-refractivity contribution in [3.05, 3.63) is 17.5 Å². The maximum Gasteiger partial charge on any atom is 0.224 e. The second-order valence-corrected chi connectivity index (χ2v) is 7.57. The number of piperidine rings is 2. The van der Waals surface area contributed by atoms with Gasteiger partial charge in [0.05, 0.1) is 11.7 Å². The van der Waals surface area contributed by atoms with E-state index in [1.54, 1.807) is 6.92 Å². The summed E-state index contributed by atoms with van der Waals surface area (Å²) in [6.07, 6.45) is 5.64. The number of hydrogen-bond donors (Lipinski definition) is 0. The van der Waals surface area contributed by atoms with Gasteiger partial charge < -0.3 is 9.80 Å². The van der Waals surface area contributed by atoms with Crippen LogP contribution in [0.1, 0.15) is 62.9 Å². The van der Waals surface area contributed by atoms with Crippen molar-refractivity contribution in [2.24, 2.45) is 0 Å². The molecular formula is C19H30N4O2. The SMILES string of the molecule is CC(=O)N1CCCC[C@H]1CC(=O)N1CCC[C@H](n2nc(C)cc2C)C1. The first kappa shape index (κ1) is 18.0. The van der Waals surface area contributed by atoms with Crippen molar-refractivity contribution in [2.45, 2.75) is 71.4 Å². The van der Waals surface area contributed by atoms with Gasteiger partial charge in [-0.2, -0.15) is 5.10 Å². The number of likely N-dealkylation sites (tertiary alicyclic amines) is 2. The van der Waals surface area contributed by atoms with E-state index in [0.717, 1.165) is 63.1 Å². The first-order chi connectivity index (χ1) is 12.0. The number of carbonyl (C=O) groups is 2. The van der Waals surface area contributed by atoms with Crippen molar-refractivity contribution in [1.29, 1.82) is 0 Å². The molecular weight excluding hydrogens is 316 g/mol. The monoisotopic (exact) mass is 346 g/mol. The zero-order valence-corrected chi connectivity index (χ0v) is 15.7. The summed E-state index contributed by atoms with van der Waals surface area (Å²) in [5.74, 6) is 0.279. The highest BCUT2D eigenvalue weighted by Gasteiger charge is 2.31. The fourth-order valence-corrected chi connectivity index (χ4v) is 4.35. The smallest absolute Gasteiger partial charge is 0.224 e. The number of aromatic nitrogens is 2. The molecule has 1 aromatic rings.